The van der Waals surface area contributed by atoms with Crippen LogP contribution in [-0.4, -0.2) is 11.7 Å². The number of thiocarbonyl (C=S) groups is 1. The summed E-state index contributed by atoms with van der Waals surface area (Å²) in [6, 6.07) is 0. The maximum absolute atomic E-state index is 5.11. The van der Waals surface area contributed by atoms with Crippen LogP contribution in [0, 0.1) is 11.8 Å². The molecular weight excluding hydrogens is 120 g/mol. The van der Waals surface area contributed by atoms with Gasteiger partial charge in [-0.2, -0.15) is 0 Å². The summed E-state index contributed by atoms with van der Waals surface area (Å²) in [4.78, 5) is 0. The quantitative estimate of drug-likeness (QED) is 0.461. The lowest BCUT2D eigenvalue weighted by molar-refractivity contribution is 0.309. The number of hydrogen-bond donors (Lipinski definition) is 0. The summed E-state index contributed by atoms with van der Waals surface area (Å²) in [6.07, 6.45) is 0. The molecule has 0 bridgehead atoms. The number of rotatable bonds is 0. The molecule has 0 aromatic rings. The van der Waals surface area contributed by atoms with Gasteiger partial charge in [-0.25, -0.2) is 0 Å². The van der Waals surface area contributed by atoms with E-state index in [9.17, 15) is 0 Å². The molecule has 0 radical (unpaired) electrons. The minimum atomic E-state index is 0.491. The molecule has 0 aromatic carbocycles. The topological polar surface area (TPSA) is 9.23 Å². The van der Waals surface area contributed by atoms with Gasteiger partial charge in [0.2, 0.25) is 0 Å². The first-order valence-electron chi connectivity index (χ1n) is 2.88. The van der Waals surface area contributed by atoms with Crippen molar-refractivity contribution < 1.29 is 4.74 Å². The Labute approximate surface area is 55.0 Å². The van der Waals surface area contributed by atoms with E-state index in [-0.39, 0.29) is 0 Å². The SMILES string of the molecule is CC1COC(=S)C1C. The monoisotopic (exact) mass is 130 g/mol. The van der Waals surface area contributed by atoms with Gasteiger partial charge in [0.1, 0.15) is 0 Å². The highest BCUT2D eigenvalue weighted by atomic mass is 32.1. The van der Waals surface area contributed by atoms with Gasteiger partial charge in [0.25, 0.3) is 0 Å². The predicted molar refractivity (Wildman–Crippen MR) is 36.9 cm³/mol. The van der Waals surface area contributed by atoms with Crippen LogP contribution in [0.15, 0.2) is 0 Å². The zero-order valence-electron chi connectivity index (χ0n) is 5.18. The second-order valence-corrected chi connectivity index (χ2v) is 2.80. The highest BCUT2D eigenvalue weighted by molar-refractivity contribution is 7.80. The van der Waals surface area contributed by atoms with Crippen molar-refractivity contribution in [3.05, 3.63) is 0 Å². The van der Waals surface area contributed by atoms with Crippen molar-refractivity contribution in [3.63, 3.8) is 0 Å². The zero-order valence-corrected chi connectivity index (χ0v) is 5.99. The smallest absolute Gasteiger partial charge is 0.162 e. The maximum atomic E-state index is 5.11. The van der Waals surface area contributed by atoms with Crippen LogP contribution in [0.3, 0.4) is 0 Å². The highest BCUT2D eigenvalue weighted by Crippen LogP contribution is 2.21. The van der Waals surface area contributed by atoms with Crippen molar-refractivity contribution in [2.24, 2.45) is 11.8 Å². The third-order valence-electron chi connectivity index (χ3n) is 1.71. The lowest BCUT2D eigenvalue weighted by atomic mass is 10.0. The lowest BCUT2D eigenvalue weighted by Crippen LogP contribution is -2.05. The summed E-state index contributed by atoms with van der Waals surface area (Å²) in [5.74, 6) is 1.12. The van der Waals surface area contributed by atoms with Crippen LogP contribution in [0.1, 0.15) is 13.8 Å². The number of hydrogen-bond acceptors (Lipinski definition) is 2. The van der Waals surface area contributed by atoms with Gasteiger partial charge in [-0.05, 0) is 12.2 Å². The van der Waals surface area contributed by atoms with E-state index < -0.39 is 0 Å². The molecule has 0 aromatic heterocycles. The lowest BCUT2D eigenvalue weighted by Gasteiger charge is -2.00. The van der Waals surface area contributed by atoms with Crippen LogP contribution in [0.4, 0.5) is 0 Å². The van der Waals surface area contributed by atoms with E-state index in [0.29, 0.717) is 11.8 Å². The van der Waals surface area contributed by atoms with E-state index in [1.165, 1.54) is 0 Å². The molecular formula is C6H10OS. The minimum absolute atomic E-state index is 0.491. The molecule has 2 unspecified atom stereocenters. The molecule has 1 heterocycles. The largest absolute Gasteiger partial charge is 0.486 e. The summed E-state index contributed by atoms with van der Waals surface area (Å²) in [6.45, 7) is 5.09. The van der Waals surface area contributed by atoms with Crippen molar-refractivity contribution in [1.29, 1.82) is 0 Å². The summed E-state index contributed by atoms with van der Waals surface area (Å²) < 4.78 is 5.11. The molecule has 2 heteroatoms. The molecule has 0 amide bonds. The Morgan fingerprint density at radius 3 is 2.38 bits per heavy atom. The summed E-state index contributed by atoms with van der Waals surface area (Å²) in [7, 11) is 0. The highest BCUT2D eigenvalue weighted by Gasteiger charge is 2.25. The van der Waals surface area contributed by atoms with Crippen LogP contribution >= 0.6 is 12.2 Å². The normalized spacial score (nSPS) is 37.5. The predicted octanol–water partition coefficient (Wildman–Crippen LogP) is 1.62. The molecule has 0 N–H and O–H groups in total. The average molecular weight is 130 g/mol. The Kier molecular flexibility index (Phi) is 1.52. The van der Waals surface area contributed by atoms with Gasteiger partial charge < -0.3 is 4.74 Å². The molecule has 0 aliphatic carbocycles. The molecule has 1 aliphatic rings. The van der Waals surface area contributed by atoms with Crippen LogP contribution in [0.25, 0.3) is 0 Å². The molecule has 46 valence electrons. The number of ether oxygens (including phenoxy) is 1. The van der Waals surface area contributed by atoms with Crippen LogP contribution in [0.2, 0.25) is 0 Å². The van der Waals surface area contributed by atoms with Crippen molar-refractivity contribution in [3.8, 4) is 0 Å². The van der Waals surface area contributed by atoms with Crippen LogP contribution < -0.4 is 0 Å². The second kappa shape index (κ2) is 2.02. The Balaban J connectivity index is 2.56. The average Bonchev–Trinajstić information content (AvgIpc) is 1.98. The van der Waals surface area contributed by atoms with E-state index in [0.717, 1.165) is 11.7 Å². The van der Waals surface area contributed by atoms with E-state index >= 15 is 0 Å². The molecule has 1 nitrogen and oxygen atoms in total. The van der Waals surface area contributed by atoms with E-state index in [2.05, 4.69) is 13.8 Å². The molecule has 0 spiro atoms. The van der Waals surface area contributed by atoms with E-state index in [1.807, 2.05) is 0 Å². The van der Waals surface area contributed by atoms with Gasteiger partial charge in [-0.3, -0.25) is 0 Å². The fraction of sp³-hybridized carbons (Fsp3) is 0.833. The van der Waals surface area contributed by atoms with Gasteiger partial charge in [0.05, 0.1) is 6.61 Å². The fourth-order valence-corrected chi connectivity index (χ4v) is 1.02. The van der Waals surface area contributed by atoms with Crippen molar-refractivity contribution in [2.45, 2.75) is 13.8 Å². The molecule has 1 aliphatic heterocycles. The molecule has 1 fully saturated rings. The Morgan fingerprint density at radius 2 is 2.25 bits per heavy atom. The molecule has 1 rings (SSSR count). The van der Waals surface area contributed by atoms with Gasteiger partial charge >= 0.3 is 0 Å². The fourth-order valence-electron chi connectivity index (χ4n) is 0.722. The Bertz CT molecular complexity index is 111. The first kappa shape index (κ1) is 6.02. The standard InChI is InChI=1S/C6H10OS/c1-4-3-7-6(8)5(4)2/h4-5H,3H2,1-2H3. The summed E-state index contributed by atoms with van der Waals surface area (Å²) >= 11 is 4.90. The maximum Gasteiger partial charge on any atom is 0.162 e. The second-order valence-electron chi connectivity index (χ2n) is 2.40. The summed E-state index contributed by atoms with van der Waals surface area (Å²) in [5.41, 5.74) is 0. The van der Waals surface area contributed by atoms with Gasteiger partial charge in [-0.1, -0.05) is 13.8 Å². The molecule has 1 saturated heterocycles. The van der Waals surface area contributed by atoms with E-state index in [4.69, 9.17) is 17.0 Å². The molecule has 8 heavy (non-hydrogen) atoms. The van der Waals surface area contributed by atoms with Crippen molar-refractivity contribution >= 4 is 17.3 Å². The van der Waals surface area contributed by atoms with Crippen LogP contribution in [-0.2, 0) is 4.74 Å². The third kappa shape index (κ3) is 0.848. The van der Waals surface area contributed by atoms with Gasteiger partial charge in [0, 0.05) is 11.8 Å². The molecule has 2 atom stereocenters. The van der Waals surface area contributed by atoms with Gasteiger partial charge in [0.15, 0.2) is 5.05 Å². The van der Waals surface area contributed by atoms with Crippen molar-refractivity contribution in [2.75, 3.05) is 6.61 Å². The first-order chi connectivity index (χ1) is 3.72. The third-order valence-corrected chi connectivity index (χ3v) is 2.20. The first-order valence-corrected chi connectivity index (χ1v) is 3.29. The Morgan fingerprint density at radius 1 is 1.62 bits per heavy atom. The van der Waals surface area contributed by atoms with Crippen LogP contribution in [0.5, 0.6) is 0 Å². The van der Waals surface area contributed by atoms with E-state index in [1.54, 1.807) is 0 Å². The van der Waals surface area contributed by atoms with Crippen molar-refractivity contribution in [1.82, 2.24) is 0 Å². The molecule has 0 saturated carbocycles. The van der Waals surface area contributed by atoms with Gasteiger partial charge in [-0.15, -0.1) is 0 Å². The Hall–Kier alpha value is -0.110. The summed E-state index contributed by atoms with van der Waals surface area (Å²) in [5, 5.41) is 0.789. The minimum Gasteiger partial charge on any atom is -0.486 e. The zero-order chi connectivity index (χ0) is 6.15.